The van der Waals surface area contributed by atoms with E-state index in [4.69, 9.17) is 4.74 Å². The number of pyridine rings is 1. The molecule has 0 atom stereocenters. The van der Waals surface area contributed by atoms with Gasteiger partial charge in [-0.15, -0.1) is 0 Å². The number of benzene rings is 1. The fourth-order valence-corrected chi connectivity index (χ4v) is 4.44. The highest BCUT2D eigenvalue weighted by Gasteiger charge is 2.26. The lowest BCUT2D eigenvalue weighted by molar-refractivity contribution is -0.132. The smallest absolute Gasteiger partial charge is 0.322 e. The van der Waals surface area contributed by atoms with Crippen LogP contribution in [-0.4, -0.2) is 52.3 Å². The van der Waals surface area contributed by atoms with Crippen LogP contribution in [0.15, 0.2) is 47.8 Å². The normalized spacial score (nSPS) is 19.0. The minimum absolute atomic E-state index is 0.0888. The van der Waals surface area contributed by atoms with Crippen LogP contribution >= 0.6 is 0 Å². The van der Waals surface area contributed by atoms with Gasteiger partial charge in [0.05, 0.1) is 5.71 Å². The summed E-state index contributed by atoms with van der Waals surface area (Å²) in [6.45, 7) is 3.34. The zero-order valence-corrected chi connectivity index (χ0v) is 18.0. The van der Waals surface area contributed by atoms with E-state index < -0.39 is 0 Å². The van der Waals surface area contributed by atoms with Crippen LogP contribution in [0, 0.1) is 5.92 Å². The molecule has 5 rings (SSSR count). The Balaban J connectivity index is 1.21. The Morgan fingerprint density at radius 3 is 2.62 bits per heavy atom. The molecule has 1 saturated heterocycles. The molecule has 0 spiro atoms. The molecule has 8 heteroatoms. The van der Waals surface area contributed by atoms with Crippen molar-refractivity contribution in [1.82, 2.24) is 14.9 Å². The lowest BCUT2D eigenvalue weighted by Gasteiger charge is -2.29. The summed E-state index contributed by atoms with van der Waals surface area (Å²) in [5.41, 5.74) is 4.86. The van der Waals surface area contributed by atoms with Gasteiger partial charge in [0.15, 0.2) is 0 Å². The number of hydrogen-bond donors (Lipinski definition) is 1. The van der Waals surface area contributed by atoms with Gasteiger partial charge < -0.3 is 15.0 Å². The molecule has 1 N–H and O–H groups in total. The molecule has 0 bridgehead atoms. The summed E-state index contributed by atoms with van der Waals surface area (Å²) in [6.07, 6.45) is 6.63. The summed E-state index contributed by atoms with van der Waals surface area (Å²) >= 11 is 0. The van der Waals surface area contributed by atoms with Crippen molar-refractivity contribution in [3.8, 4) is 0 Å². The first kappa shape index (κ1) is 20.6. The van der Waals surface area contributed by atoms with Crippen LogP contribution < -0.4 is 5.32 Å². The van der Waals surface area contributed by atoms with Crippen molar-refractivity contribution >= 4 is 23.3 Å². The third-order valence-corrected chi connectivity index (χ3v) is 6.36. The van der Waals surface area contributed by atoms with Gasteiger partial charge in [0.2, 0.25) is 5.91 Å². The van der Waals surface area contributed by atoms with Crippen molar-refractivity contribution < 1.29 is 14.3 Å². The van der Waals surface area contributed by atoms with E-state index in [0.717, 1.165) is 54.1 Å². The van der Waals surface area contributed by atoms with Crippen LogP contribution in [-0.2, 0) is 22.6 Å². The number of hydrogen-bond acceptors (Lipinski definition) is 5. The number of nitrogens with one attached hydrogen (secondary N) is 1. The molecule has 2 aromatic rings. The van der Waals surface area contributed by atoms with Crippen LogP contribution in [0.3, 0.4) is 0 Å². The third-order valence-electron chi connectivity index (χ3n) is 6.36. The van der Waals surface area contributed by atoms with Gasteiger partial charge >= 0.3 is 6.03 Å². The molecule has 0 radical (unpaired) electrons. The average Bonchev–Trinajstić information content (AvgIpc) is 3.26. The van der Waals surface area contributed by atoms with E-state index in [-0.39, 0.29) is 11.9 Å². The summed E-state index contributed by atoms with van der Waals surface area (Å²) in [4.78, 5) is 30.9. The van der Waals surface area contributed by atoms with Crippen molar-refractivity contribution in [1.29, 1.82) is 0 Å². The molecule has 3 aliphatic rings. The molecule has 3 aliphatic heterocycles. The predicted molar refractivity (Wildman–Crippen MR) is 120 cm³/mol. The predicted octanol–water partition coefficient (Wildman–Crippen LogP) is 3.38. The molecule has 166 valence electrons. The van der Waals surface area contributed by atoms with Gasteiger partial charge in [0, 0.05) is 63.8 Å². The number of fused-ring (bicyclic) bond motifs is 1. The number of rotatable bonds is 4. The Morgan fingerprint density at radius 1 is 1.06 bits per heavy atom. The molecule has 0 saturated carbocycles. The van der Waals surface area contributed by atoms with Crippen molar-refractivity contribution in [2.24, 2.45) is 11.0 Å². The molecule has 0 unspecified atom stereocenters. The van der Waals surface area contributed by atoms with E-state index in [9.17, 15) is 9.59 Å². The average molecular weight is 434 g/mol. The number of amides is 3. The first-order chi connectivity index (χ1) is 15.7. The van der Waals surface area contributed by atoms with Crippen LogP contribution in [0.25, 0.3) is 0 Å². The van der Waals surface area contributed by atoms with Crippen LogP contribution in [0.5, 0.6) is 0 Å². The number of carbonyl (C=O) groups excluding carboxylic acids is 2. The van der Waals surface area contributed by atoms with Gasteiger partial charge in [-0.25, -0.2) is 9.80 Å². The van der Waals surface area contributed by atoms with Gasteiger partial charge in [-0.05, 0) is 53.6 Å². The van der Waals surface area contributed by atoms with E-state index >= 15 is 0 Å². The zero-order valence-electron chi connectivity index (χ0n) is 18.0. The third kappa shape index (κ3) is 4.50. The molecule has 1 aromatic heterocycles. The molecule has 3 amide bonds. The number of carbonyl (C=O) groups is 2. The van der Waals surface area contributed by atoms with E-state index in [0.29, 0.717) is 38.4 Å². The number of anilines is 1. The van der Waals surface area contributed by atoms with Crippen molar-refractivity contribution in [3.63, 3.8) is 0 Å². The molecule has 1 aromatic carbocycles. The van der Waals surface area contributed by atoms with Crippen LogP contribution in [0.4, 0.5) is 10.5 Å². The Morgan fingerprint density at radius 2 is 1.84 bits per heavy atom. The topological polar surface area (TPSA) is 87.1 Å². The Labute approximate surface area is 187 Å². The van der Waals surface area contributed by atoms with Gasteiger partial charge in [0.1, 0.15) is 0 Å². The lowest BCUT2D eigenvalue weighted by Crippen LogP contribution is -2.37. The highest BCUT2D eigenvalue weighted by molar-refractivity contribution is 6.04. The molecule has 0 aliphatic carbocycles. The van der Waals surface area contributed by atoms with E-state index in [1.807, 2.05) is 36.5 Å². The minimum atomic E-state index is -0.128. The van der Waals surface area contributed by atoms with Crippen LogP contribution in [0.1, 0.15) is 42.4 Å². The Kier molecular flexibility index (Phi) is 5.85. The summed E-state index contributed by atoms with van der Waals surface area (Å²) in [5.74, 6) is 0.534. The maximum Gasteiger partial charge on any atom is 0.322 e. The lowest BCUT2D eigenvalue weighted by atomic mass is 9.99. The SMILES string of the molecule is O=C(Nc1ccc(C2=NN(CC3CCOCC3)C(=O)CC2)cc1)N1Cc2ccncc2C1. The van der Waals surface area contributed by atoms with Crippen molar-refractivity contribution in [2.45, 2.75) is 38.8 Å². The van der Waals surface area contributed by atoms with E-state index in [1.54, 1.807) is 16.1 Å². The summed E-state index contributed by atoms with van der Waals surface area (Å²) in [5, 5.41) is 9.27. The maximum absolute atomic E-state index is 12.7. The number of nitrogens with zero attached hydrogens (tertiary/aromatic N) is 4. The molecular weight excluding hydrogens is 406 g/mol. The second-order valence-corrected chi connectivity index (χ2v) is 8.59. The maximum atomic E-state index is 12.7. The largest absolute Gasteiger partial charge is 0.381 e. The highest BCUT2D eigenvalue weighted by atomic mass is 16.5. The monoisotopic (exact) mass is 433 g/mol. The summed E-state index contributed by atoms with van der Waals surface area (Å²) in [7, 11) is 0. The minimum Gasteiger partial charge on any atom is -0.381 e. The second-order valence-electron chi connectivity index (χ2n) is 8.59. The Hall–Kier alpha value is -3.26. The summed E-state index contributed by atoms with van der Waals surface area (Å²) < 4.78 is 5.42. The fourth-order valence-electron chi connectivity index (χ4n) is 4.44. The number of urea groups is 1. The molecule has 4 heterocycles. The fraction of sp³-hybridized carbons (Fsp3) is 0.417. The number of aromatic nitrogens is 1. The van der Waals surface area contributed by atoms with E-state index in [1.165, 1.54) is 0 Å². The highest BCUT2D eigenvalue weighted by Crippen LogP contribution is 2.24. The first-order valence-electron chi connectivity index (χ1n) is 11.2. The first-order valence-corrected chi connectivity index (χ1v) is 11.2. The summed E-state index contributed by atoms with van der Waals surface area (Å²) in [6, 6.07) is 9.52. The number of ether oxygens (including phenoxy) is 1. The van der Waals surface area contributed by atoms with Crippen molar-refractivity contribution in [3.05, 3.63) is 59.4 Å². The zero-order chi connectivity index (χ0) is 21.9. The standard InChI is InChI=1S/C24H27N5O3/c30-23-6-5-22(27-29(23)14-17-8-11-32-12-9-17)18-1-3-21(4-2-18)26-24(31)28-15-19-7-10-25-13-20(19)16-28/h1-4,7,10,13,17H,5-6,8-9,11-12,14-16H2,(H,26,31). The van der Waals surface area contributed by atoms with E-state index in [2.05, 4.69) is 15.4 Å². The second kappa shape index (κ2) is 9.08. The van der Waals surface area contributed by atoms with Gasteiger partial charge in [0.25, 0.3) is 0 Å². The van der Waals surface area contributed by atoms with Gasteiger partial charge in [-0.3, -0.25) is 9.78 Å². The molecule has 32 heavy (non-hydrogen) atoms. The molecular formula is C24H27N5O3. The van der Waals surface area contributed by atoms with Gasteiger partial charge in [-0.2, -0.15) is 5.10 Å². The van der Waals surface area contributed by atoms with Gasteiger partial charge in [-0.1, -0.05) is 12.1 Å². The van der Waals surface area contributed by atoms with Crippen molar-refractivity contribution in [2.75, 3.05) is 25.1 Å². The quantitative estimate of drug-likeness (QED) is 0.801. The molecule has 8 nitrogen and oxygen atoms in total. The number of hydrazone groups is 1. The van der Waals surface area contributed by atoms with Crippen LogP contribution in [0.2, 0.25) is 0 Å². The molecule has 1 fully saturated rings. The Bertz CT molecular complexity index is 1010.